The van der Waals surface area contributed by atoms with Gasteiger partial charge in [-0.05, 0) is 6.92 Å². The average Bonchev–Trinajstić information content (AvgIpc) is 1.98. The van der Waals surface area contributed by atoms with Crippen LogP contribution in [-0.2, 0) is 19.6 Å². The van der Waals surface area contributed by atoms with Crippen molar-refractivity contribution in [2.75, 3.05) is 26.0 Å². The van der Waals surface area contributed by atoms with Crippen molar-refractivity contribution in [3.63, 3.8) is 0 Å². The molecular formula is C7H15NO4S. The first-order chi connectivity index (χ1) is 5.91. The third-order valence-corrected chi connectivity index (χ3v) is 2.76. The Hall–Kier alpha value is -0.620. The molecule has 6 heteroatoms. The van der Waals surface area contributed by atoms with Crippen LogP contribution in [0.2, 0.25) is 0 Å². The van der Waals surface area contributed by atoms with Crippen molar-refractivity contribution >= 4 is 16.0 Å². The van der Waals surface area contributed by atoms with Crippen molar-refractivity contribution in [2.45, 2.75) is 13.8 Å². The van der Waals surface area contributed by atoms with Crippen LogP contribution in [0.1, 0.15) is 13.8 Å². The Morgan fingerprint density at radius 1 is 1.38 bits per heavy atom. The summed E-state index contributed by atoms with van der Waals surface area (Å²) in [4.78, 5) is 10.9. The van der Waals surface area contributed by atoms with Gasteiger partial charge in [0.05, 0.1) is 12.9 Å². The van der Waals surface area contributed by atoms with Crippen LogP contribution in [0.5, 0.6) is 0 Å². The summed E-state index contributed by atoms with van der Waals surface area (Å²) in [5, 5.41) is 0. The maximum Gasteiger partial charge on any atom is 0.321 e. The molecule has 0 aliphatic carbocycles. The zero-order valence-corrected chi connectivity index (χ0v) is 8.93. The number of carbonyl (C=O) groups excluding carboxylic acids is 1. The first-order valence-electron chi connectivity index (χ1n) is 4.02. The lowest BCUT2D eigenvalue weighted by molar-refractivity contribution is -0.143. The number of likely N-dealkylation sites (N-methyl/N-ethyl adjacent to an activating group) is 1. The molecule has 0 radical (unpaired) electrons. The molecule has 0 amide bonds. The third kappa shape index (κ3) is 4.84. The summed E-state index contributed by atoms with van der Waals surface area (Å²) < 4.78 is 27.7. The minimum Gasteiger partial charge on any atom is -0.465 e. The highest BCUT2D eigenvalue weighted by Gasteiger charge is 2.18. The Bertz CT molecular complexity index is 260. The molecule has 0 heterocycles. The van der Waals surface area contributed by atoms with Crippen LogP contribution in [-0.4, -0.2) is 44.6 Å². The lowest BCUT2D eigenvalue weighted by Gasteiger charge is -2.16. The highest BCUT2D eigenvalue weighted by molar-refractivity contribution is 7.88. The van der Waals surface area contributed by atoms with Crippen LogP contribution in [0.3, 0.4) is 0 Å². The van der Waals surface area contributed by atoms with E-state index < -0.39 is 16.0 Å². The number of hydrogen-bond acceptors (Lipinski definition) is 4. The van der Waals surface area contributed by atoms with E-state index in [1.165, 1.54) is 0 Å². The molecule has 0 fully saturated rings. The fourth-order valence-corrected chi connectivity index (χ4v) is 1.62. The van der Waals surface area contributed by atoms with Gasteiger partial charge in [-0.25, -0.2) is 8.42 Å². The summed E-state index contributed by atoms with van der Waals surface area (Å²) in [7, 11) is -3.30. The van der Waals surface area contributed by atoms with E-state index in [1.54, 1.807) is 13.8 Å². The van der Waals surface area contributed by atoms with E-state index in [0.717, 1.165) is 10.6 Å². The topological polar surface area (TPSA) is 63.7 Å². The highest BCUT2D eigenvalue weighted by atomic mass is 32.2. The lowest BCUT2D eigenvalue weighted by atomic mass is 10.6. The quantitative estimate of drug-likeness (QED) is 0.590. The maximum atomic E-state index is 11.0. The largest absolute Gasteiger partial charge is 0.465 e. The van der Waals surface area contributed by atoms with Crippen molar-refractivity contribution in [2.24, 2.45) is 0 Å². The number of sulfonamides is 1. The second kappa shape index (κ2) is 5.18. The van der Waals surface area contributed by atoms with Crippen molar-refractivity contribution in [1.82, 2.24) is 4.31 Å². The summed E-state index contributed by atoms with van der Waals surface area (Å²) in [6, 6.07) is 0. The van der Waals surface area contributed by atoms with Crippen LogP contribution in [0, 0.1) is 0 Å². The molecule has 0 N–H and O–H groups in total. The molecule has 0 aromatic heterocycles. The van der Waals surface area contributed by atoms with Crippen molar-refractivity contribution in [3.8, 4) is 0 Å². The molecule has 0 atom stereocenters. The average molecular weight is 209 g/mol. The molecule has 0 saturated carbocycles. The molecule has 0 bridgehead atoms. The molecule has 0 aliphatic heterocycles. The second-order valence-electron chi connectivity index (χ2n) is 2.49. The summed E-state index contributed by atoms with van der Waals surface area (Å²) >= 11 is 0. The number of carbonyl (C=O) groups is 1. The Labute approximate surface area is 78.7 Å². The number of rotatable bonds is 5. The summed E-state index contributed by atoms with van der Waals surface area (Å²) in [5.41, 5.74) is 0. The normalized spacial score (nSPS) is 11.7. The maximum absolute atomic E-state index is 11.0. The van der Waals surface area contributed by atoms with Gasteiger partial charge in [0.2, 0.25) is 10.0 Å². The molecular weight excluding hydrogens is 194 g/mol. The molecule has 0 aromatic rings. The zero-order valence-electron chi connectivity index (χ0n) is 8.11. The second-order valence-corrected chi connectivity index (χ2v) is 4.48. The van der Waals surface area contributed by atoms with Crippen molar-refractivity contribution in [1.29, 1.82) is 0 Å². The number of nitrogens with zero attached hydrogens (tertiary/aromatic N) is 1. The van der Waals surface area contributed by atoms with E-state index in [-0.39, 0.29) is 19.7 Å². The molecule has 13 heavy (non-hydrogen) atoms. The van der Waals surface area contributed by atoms with Gasteiger partial charge in [-0.3, -0.25) is 4.79 Å². The van der Waals surface area contributed by atoms with Gasteiger partial charge in [-0.2, -0.15) is 4.31 Å². The predicted molar refractivity (Wildman–Crippen MR) is 48.7 cm³/mol. The third-order valence-electron chi connectivity index (χ3n) is 1.43. The molecule has 78 valence electrons. The van der Waals surface area contributed by atoms with E-state index in [1.807, 2.05) is 0 Å². The number of esters is 1. The molecule has 0 saturated heterocycles. The first kappa shape index (κ1) is 12.4. The smallest absolute Gasteiger partial charge is 0.321 e. The van der Waals surface area contributed by atoms with E-state index in [0.29, 0.717) is 0 Å². The molecule has 0 spiro atoms. The fraction of sp³-hybridized carbons (Fsp3) is 0.857. The van der Waals surface area contributed by atoms with Crippen LogP contribution in [0.4, 0.5) is 0 Å². The van der Waals surface area contributed by atoms with Crippen LogP contribution in [0.15, 0.2) is 0 Å². The van der Waals surface area contributed by atoms with Crippen LogP contribution in [0.25, 0.3) is 0 Å². The Morgan fingerprint density at radius 2 is 1.92 bits per heavy atom. The van der Waals surface area contributed by atoms with Crippen molar-refractivity contribution < 1.29 is 17.9 Å². The van der Waals surface area contributed by atoms with Gasteiger partial charge in [0, 0.05) is 6.54 Å². The molecule has 0 aliphatic rings. The lowest BCUT2D eigenvalue weighted by Crippen LogP contribution is -2.35. The monoisotopic (exact) mass is 209 g/mol. The SMILES string of the molecule is CCOC(=O)CN(CC)S(C)(=O)=O. The van der Waals surface area contributed by atoms with Gasteiger partial charge < -0.3 is 4.74 Å². The van der Waals surface area contributed by atoms with E-state index >= 15 is 0 Å². The number of ether oxygens (including phenoxy) is 1. The molecule has 5 nitrogen and oxygen atoms in total. The van der Waals surface area contributed by atoms with Gasteiger partial charge in [-0.15, -0.1) is 0 Å². The molecule has 0 aromatic carbocycles. The van der Waals surface area contributed by atoms with Crippen molar-refractivity contribution in [3.05, 3.63) is 0 Å². The van der Waals surface area contributed by atoms with E-state index in [2.05, 4.69) is 4.74 Å². The Balaban J connectivity index is 4.23. The van der Waals surface area contributed by atoms with Gasteiger partial charge in [-0.1, -0.05) is 6.92 Å². The zero-order chi connectivity index (χ0) is 10.5. The Morgan fingerprint density at radius 3 is 2.23 bits per heavy atom. The van der Waals surface area contributed by atoms with Gasteiger partial charge in [0.15, 0.2) is 0 Å². The number of hydrogen-bond donors (Lipinski definition) is 0. The molecule has 0 rings (SSSR count). The van der Waals surface area contributed by atoms with E-state index in [4.69, 9.17) is 0 Å². The van der Waals surface area contributed by atoms with Crippen LogP contribution < -0.4 is 0 Å². The minimum atomic E-state index is -3.30. The van der Waals surface area contributed by atoms with Gasteiger partial charge in [0.1, 0.15) is 6.54 Å². The van der Waals surface area contributed by atoms with Crippen LogP contribution >= 0.6 is 0 Å². The molecule has 0 unspecified atom stereocenters. The fourth-order valence-electron chi connectivity index (χ4n) is 0.814. The summed E-state index contributed by atoms with van der Waals surface area (Å²) in [6.45, 7) is 3.68. The first-order valence-corrected chi connectivity index (χ1v) is 5.87. The Kier molecular flexibility index (Phi) is 4.94. The highest BCUT2D eigenvalue weighted by Crippen LogP contribution is 1.97. The standard InChI is InChI=1S/C7H15NO4S/c1-4-8(13(3,10)11)6-7(9)12-5-2/h4-6H2,1-3H3. The minimum absolute atomic E-state index is 0.205. The van der Waals surface area contributed by atoms with Gasteiger partial charge in [0.25, 0.3) is 0 Å². The van der Waals surface area contributed by atoms with Gasteiger partial charge >= 0.3 is 5.97 Å². The summed E-state index contributed by atoms with van der Waals surface area (Å²) in [6.07, 6.45) is 1.07. The summed E-state index contributed by atoms with van der Waals surface area (Å²) in [5.74, 6) is -0.519. The predicted octanol–water partition coefficient (Wildman–Crippen LogP) is -0.169. The van der Waals surface area contributed by atoms with E-state index in [9.17, 15) is 13.2 Å².